The zero-order valence-electron chi connectivity index (χ0n) is 22.9. The standard InChI is InChI=1S/C29H31F2N7O2/c1-16-29(40)35(3)15-24-26(34-28(38(16)24)18-8-10-37(11-9-18)17(2)39)20-6-5-7-23-21(20)12-22(27(30)31)25(33-23)19-13-32-36(4)14-19/h5-7,12-14,16,18,27H,8-11,15H2,1-4H3/t16-/m0/s1. The Balaban J connectivity index is 1.53. The molecule has 0 radical (unpaired) electrons. The molecule has 0 spiro atoms. The fourth-order valence-corrected chi connectivity index (χ4v) is 6.12. The van der Waals surface area contributed by atoms with E-state index in [1.54, 1.807) is 36.8 Å². The van der Waals surface area contributed by atoms with Crippen molar-refractivity contribution in [2.45, 2.75) is 51.6 Å². The van der Waals surface area contributed by atoms with Crippen LogP contribution in [0.2, 0.25) is 0 Å². The molecule has 5 heterocycles. The van der Waals surface area contributed by atoms with Crippen molar-refractivity contribution in [1.29, 1.82) is 0 Å². The molecule has 2 aliphatic heterocycles. The molecule has 3 aromatic heterocycles. The van der Waals surface area contributed by atoms with Gasteiger partial charge in [-0.05, 0) is 31.9 Å². The van der Waals surface area contributed by atoms with Crippen molar-refractivity contribution in [3.63, 3.8) is 0 Å². The zero-order valence-corrected chi connectivity index (χ0v) is 22.9. The van der Waals surface area contributed by atoms with Crippen LogP contribution >= 0.6 is 0 Å². The van der Waals surface area contributed by atoms with E-state index >= 15 is 0 Å². The van der Waals surface area contributed by atoms with Gasteiger partial charge in [0.25, 0.3) is 6.43 Å². The van der Waals surface area contributed by atoms with Crippen LogP contribution < -0.4 is 0 Å². The molecule has 208 valence electrons. The predicted octanol–water partition coefficient (Wildman–Crippen LogP) is 4.70. The molecular formula is C29H31F2N7O2. The van der Waals surface area contributed by atoms with Gasteiger partial charge in [-0.15, -0.1) is 0 Å². The molecule has 1 fully saturated rings. The number of amides is 2. The van der Waals surface area contributed by atoms with Crippen LogP contribution in [0.15, 0.2) is 36.7 Å². The van der Waals surface area contributed by atoms with Gasteiger partial charge >= 0.3 is 0 Å². The minimum atomic E-state index is -2.73. The molecule has 4 aromatic rings. The maximum atomic E-state index is 14.4. The van der Waals surface area contributed by atoms with E-state index in [1.807, 2.05) is 34.6 Å². The summed E-state index contributed by atoms with van der Waals surface area (Å²) in [4.78, 5) is 38.3. The number of likely N-dealkylation sites (N-methyl/N-ethyl adjacent to an activating group) is 1. The molecule has 0 N–H and O–H groups in total. The molecule has 0 saturated carbocycles. The Labute approximate surface area is 230 Å². The van der Waals surface area contributed by atoms with Crippen LogP contribution in [0.1, 0.15) is 62.2 Å². The first-order valence-corrected chi connectivity index (χ1v) is 13.5. The molecule has 2 amide bonds. The lowest BCUT2D eigenvalue weighted by atomic mass is 9.95. The smallest absolute Gasteiger partial charge is 0.265 e. The predicted molar refractivity (Wildman–Crippen MR) is 146 cm³/mol. The van der Waals surface area contributed by atoms with Crippen molar-refractivity contribution in [2.75, 3.05) is 20.1 Å². The molecule has 6 rings (SSSR count). The van der Waals surface area contributed by atoms with Gasteiger partial charge in [-0.3, -0.25) is 14.3 Å². The average Bonchev–Trinajstić information content (AvgIpc) is 3.54. The minimum absolute atomic E-state index is 0.000410. The Bertz CT molecular complexity index is 1630. The van der Waals surface area contributed by atoms with Crippen molar-refractivity contribution in [3.8, 4) is 22.5 Å². The second kappa shape index (κ2) is 9.79. The largest absolute Gasteiger partial charge is 0.343 e. The Kier molecular flexibility index (Phi) is 6.39. The van der Waals surface area contributed by atoms with Gasteiger partial charge in [0.15, 0.2) is 0 Å². The summed E-state index contributed by atoms with van der Waals surface area (Å²) in [7, 11) is 3.50. The first-order valence-electron chi connectivity index (χ1n) is 13.5. The minimum Gasteiger partial charge on any atom is -0.343 e. The maximum absolute atomic E-state index is 14.4. The van der Waals surface area contributed by atoms with Crippen LogP contribution in [0.4, 0.5) is 8.78 Å². The number of imidazole rings is 1. The Morgan fingerprint density at radius 2 is 1.85 bits per heavy atom. The fraction of sp³-hybridized carbons (Fsp3) is 0.414. The zero-order chi connectivity index (χ0) is 28.3. The van der Waals surface area contributed by atoms with Crippen molar-refractivity contribution < 1.29 is 18.4 Å². The van der Waals surface area contributed by atoms with Gasteiger partial charge in [0.2, 0.25) is 11.8 Å². The number of fused-ring (bicyclic) bond motifs is 2. The average molecular weight is 548 g/mol. The van der Waals surface area contributed by atoms with Gasteiger partial charge in [0, 0.05) is 68.3 Å². The van der Waals surface area contributed by atoms with Gasteiger partial charge in [0.1, 0.15) is 11.9 Å². The number of carbonyl (C=O) groups is 2. The van der Waals surface area contributed by atoms with Crippen molar-refractivity contribution in [2.24, 2.45) is 7.05 Å². The number of rotatable bonds is 4. The SMILES string of the molecule is CC(=O)N1CCC(c2nc(-c3cccc4nc(-c5cnn(C)c5)c(C(F)F)cc34)c3n2[C@@H](C)C(=O)N(C)C3)CC1. The molecule has 40 heavy (non-hydrogen) atoms. The summed E-state index contributed by atoms with van der Waals surface area (Å²) in [6, 6.07) is 6.63. The van der Waals surface area contributed by atoms with Crippen LogP contribution in [-0.2, 0) is 23.2 Å². The van der Waals surface area contributed by atoms with Crippen LogP contribution in [0, 0.1) is 0 Å². The number of aromatic nitrogens is 5. The quantitative estimate of drug-likeness (QED) is 0.370. The second-order valence-corrected chi connectivity index (χ2v) is 10.8. The fourth-order valence-electron chi connectivity index (χ4n) is 6.12. The third-order valence-corrected chi connectivity index (χ3v) is 8.21. The number of aryl methyl sites for hydroxylation is 1. The number of nitrogens with zero attached hydrogens (tertiary/aromatic N) is 7. The third kappa shape index (κ3) is 4.24. The number of hydrogen-bond donors (Lipinski definition) is 0. The van der Waals surface area contributed by atoms with Gasteiger partial charge in [-0.25, -0.2) is 18.7 Å². The molecule has 1 aromatic carbocycles. The van der Waals surface area contributed by atoms with E-state index in [4.69, 9.17) is 4.98 Å². The van der Waals surface area contributed by atoms with Crippen molar-refractivity contribution in [1.82, 2.24) is 34.1 Å². The first kappa shape index (κ1) is 26.1. The summed E-state index contributed by atoms with van der Waals surface area (Å²) in [5.74, 6) is 0.939. The van der Waals surface area contributed by atoms with Gasteiger partial charge in [0.05, 0.1) is 35.3 Å². The lowest BCUT2D eigenvalue weighted by Crippen LogP contribution is -2.41. The number of likely N-dealkylation sites (tertiary alicyclic amines) is 1. The van der Waals surface area contributed by atoms with Crippen molar-refractivity contribution >= 4 is 22.7 Å². The van der Waals surface area contributed by atoms with E-state index in [0.717, 1.165) is 24.4 Å². The maximum Gasteiger partial charge on any atom is 0.265 e. The van der Waals surface area contributed by atoms with E-state index in [1.165, 1.54) is 12.3 Å². The molecule has 2 aliphatic rings. The summed E-state index contributed by atoms with van der Waals surface area (Å²) in [6.07, 6.45) is 1.96. The van der Waals surface area contributed by atoms with E-state index in [-0.39, 0.29) is 29.0 Å². The van der Waals surface area contributed by atoms with Gasteiger partial charge < -0.3 is 14.4 Å². The monoisotopic (exact) mass is 547 g/mol. The highest BCUT2D eigenvalue weighted by atomic mass is 19.3. The molecule has 1 atom stereocenters. The highest BCUT2D eigenvalue weighted by Crippen LogP contribution is 2.41. The number of halogens is 2. The number of pyridine rings is 1. The number of alkyl halides is 2. The third-order valence-electron chi connectivity index (χ3n) is 8.21. The Morgan fingerprint density at radius 1 is 1.10 bits per heavy atom. The molecule has 0 aliphatic carbocycles. The van der Waals surface area contributed by atoms with Crippen LogP contribution in [0.5, 0.6) is 0 Å². The lowest BCUT2D eigenvalue weighted by molar-refractivity contribution is -0.135. The van der Waals surface area contributed by atoms with E-state index in [0.29, 0.717) is 47.4 Å². The molecule has 0 unspecified atom stereocenters. The molecule has 11 heteroatoms. The number of benzene rings is 1. The Hall–Kier alpha value is -4.15. The summed E-state index contributed by atoms with van der Waals surface area (Å²) >= 11 is 0. The van der Waals surface area contributed by atoms with E-state index in [2.05, 4.69) is 10.1 Å². The summed E-state index contributed by atoms with van der Waals surface area (Å²) < 4.78 is 32.4. The van der Waals surface area contributed by atoms with Crippen LogP contribution in [-0.4, -0.2) is 66.1 Å². The number of piperidine rings is 1. The lowest BCUT2D eigenvalue weighted by Gasteiger charge is -2.34. The highest BCUT2D eigenvalue weighted by molar-refractivity contribution is 5.96. The number of carbonyl (C=O) groups excluding carboxylic acids is 2. The summed E-state index contributed by atoms with van der Waals surface area (Å²) in [6.45, 7) is 5.08. The Morgan fingerprint density at radius 3 is 2.50 bits per heavy atom. The van der Waals surface area contributed by atoms with Gasteiger partial charge in [-0.2, -0.15) is 5.10 Å². The van der Waals surface area contributed by atoms with Gasteiger partial charge in [-0.1, -0.05) is 12.1 Å². The normalized spacial score (nSPS) is 18.2. The van der Waals surface area contributed by atoms with Crippen LogP contribution in [0.25, 0.3) is 33.4 Å². The van der Waals surface area contributed by atoms with Crippen LogP contribution in [0.3, 0.4) is 0 Å². The molecule has 0 bridgehead atoms. The first-order chi connectivity index (χ1) is 19.1. The summed E-state index contributed by atoms with van der Waals surface area (Å²) in [5.41, 5.74) is 3.40. The van der Waals surface area contributed by atoms with Crippen molar-refractivity contribution in [3.05, 3.63) is 53.7 Å². The topological polar surface area (TPSA) is 89.1 Å². The molecule has 9 nitrogen and oxygen atoms in total. The number of hydrogen-bond acceptors (Lipinski definition) is 5. The summed E-state index contributed by atoms with van der Waals surface area (Å²) in [5, 5.41) is 4.71. The molecular weight excluding hydrogens is 516 g/mol. The second-order valence-electron chi connectivity index (χ2n) is 10.8. The van der Waals surface area contributed by atoms with E-state index in [9.17, 15) is 18.4 Å². The molecule has 1 saturated heterocycles. The van der Waals surface area contributed by atoms with E-state index < -0.39 is 12.5 Å². The highest BCUT2D eigenvalue weighted by Gasteiger charge is 2.37.